The lowest BCUT2D eigenvalue weighted by Crippen LogP contribution is -2.27. The Balaban J connectivity index is 2.28. The molecule has 8 nitrogen and oxygen atoms in total. The van der Waals surface area contributed by atoms with Gasteiger partial charge in [0.1, 0.15) is 5.82 Å². The summed E-state index contributed by atoms with van der Waals surface area (Å²) >= 11 is 0. The predicted molar refractivity (Wildman–Crippen MR) is 105 cm³/mol. The number of aromatic nitrogens is 1. The number of ether oxygens (including phenoxy) is 3. The molecule has 0 aliphatic carbocycles. The van der Waals surface area contributed by atoms with Gasteiger partial charge in [0.05, 0.1) is 21.3 Å². The summed E-state index contributed by atoms with van der Waals surface area (Å²) in [5, 5.41) is 5.89. The second kappa shape index (κ2) is 10.0. The SMILES string of the molecule is COc1cc(Nc2ncccc2/C=C/C(=O)NCCN)cc(OC)c1OC. The van der Waals surface area contributed by atoms with Gasteiger partial charge in [-0.15, -0.1) is 0 Å². The number of methoxy groups -OCH3 is 3. The molecule has 1 aromatic carbocycles. The summed E-state index contributed by atoms with van der Waals surface area (Å²) < 4.78 is 16.0. The van der Waals surface area contributed by atoms with Crippen LogP contribution in [-0.4, -0.2) is 45.3 Å². The first kappa shape index (κ1) is 20.1. The predicted octanol–water partition coefficient (Wildman–Crippen LogP) is 1.94. The van der Waals surface area contributed by atoms with E-state index in [0.717, 1.165) is 5.56 Å². The molecule has 0 atom stereocenters. The number of rotatable bonds is 9. The Kier molecular flexibility index (Phi) is 7.45. The van der Waals surface area contributed by atoms with Crippen LogP contribution < -0.4 is 30.6 Å². The second-order valence-corrected chi connectivity index (χ2v) is 5.39. The minimum Gasteiger partial charge on any atom is -0.493 e. The lowest BCUT2D eigenvalue weighted by molar-refractivity contribution is -0.116. The molecule has 27 heavy (non-hydrogen) atoms. The van der Waals surface area contributed by atoms with Gasteiger partial charge in [-0.3, -0.25) is 4.79 Å². The molecule has 144 valence electrons. The van der Waals surface area contributed by atoms with Crippen molar-refractivity contribution in [1.82, 2.24) is 10.3 Å². The van der Waals surface area contributed by atoms with Gasteiger partial charge in [0.25, 0.3) is 0 Å². The number of pyridine rings is 1. The van der Waals surface area contributed by atoms with Gasteiger partial charge < -0.3 is 30.6 Å². The van der Waals surface area contributed by atoms with Crippen molar-refractivity contribution in [3.05, 3.63) is 42.1 Å². The molecule has 2 aromatic rings. The van der Waals surface area contributed by atoms with E-state index in [0.29, 0.717) is 41.8 Å². The van der Waals surface area contributed by atoms with Gasteiger partial charge in [-0.25, -0.2) is 4.98 Å². The topological polar surface area (TPSA) is 108 Å². The zero-order valence-corrected chi connectivity index (χ0v) is 15.6. The normalized spacial score (nSPS) is 10.5. The molecule has 0 aliphatic heterocycles. The highest BCUT2D eigenvalue weighted by molar-refractivity contribution is 5.92. The third kappa shape index (κ3) is 5.35. The van der Waals surface area contributed by atoms with Crippen LogP contribution in [0, 0.1) is 0 Å². The number of nitrogens with two attached hydrogens (primary N) is 1. The first-order valence-electron chi connectivity index (χ1n) is 8.31. The van der Waals surface area contributed by atoms with E-state index in [9.17, 15) is 4.79 Å². The number of benzene rings is 1. The van der Waals surface area contributed by atoms with Crippen LogP contribution in [0.5, 0.6) is 17.2 Å². The summed E-state index contributed by atoms with van der Waals surface area (Å²) in [6.45, 7) is 0.813. The fraction of sp³-hybridized carbons (Fsp3) is 0.263. The van der Waals surface area contributed by atoms with Crippen LogP contribution in [0.25, 0.3) is 6.08 Å². The van der Waals surface area contributed by atoms with Crippen molar-refractivity contribution in [1.29, 1.82) is 0 Å². The minimum absolute atomic E-state index is 0.219. The van der Waals surface area contributed by atoms with Crippen LogP contribution >= 0.6 is 0 Å². The average Bonchev–Trinajstić information content (AvgIpc) is 2.70. The molecule has 4 N–H and O–H groups in total. The molecule has 0 fully saturated rings. The molecule has 1 aromatic heterocycles. The van der Waals surface area contributed by atoms with Crippen LogP contribution in [0.3, 0.4) is 0 Å². The Bertz CT molecular complexity index is 783. The van der Waals surface area contributed by atoms with E-state index in [1.54, 1.807) is 51.8 Å². The van der Waals surface area contributed by atoms with Crippen molar-refractivity contribution in [2.24, 2.45) is 5.73 Å². The zero-order valence-electron chi connectivity index (χ0n) is 15.6. The molecule has 2 rings (SSSR count). The van der Waals surface area contributed by atoms with E-state index < -0.39 is 0 Å². The zero-order chi connectivity index (χ0) is 19.6. The minimum atomic E-state index is -0.219. The standard InChI is InChI=1S/C19H24N4O4/c1-25-15-11-14(12-16(26-2)18(15)27-3)23-19-13(5-4-9-22-19)6-7-17(24)21-10-8-20/h4-7,9,11-12H,8,10,20H2,1-3H3,(H,21,24)(H,22,23)/b7-6+. The third-order valence-electron chi connectivity index (χ3n) is 3.62. The van der Waals surface area contributed by atoms with Crippen molar-refractivity contribution in [2.45, 2.75) is 0 Å². The van der Waals surface area contributed by atoms with Gasteiger partial charge in [0, 0.05) is 48.7 Å². The molecule has 1 heterocycles. The molecule has 0 unspecified atom stereocenters. The molecule has 0 saturated heterocycles. The van der Waals surface area contributed by atoms with Gasteiger partial charge in [-0.2, -0.15) is 0 Å². The van der Waals surface area contributed by atoms with Gasteiger partial charge in [0.15, 0.2) is 11.5 Å². The van der Waals surface area contributed by atoms with Crippen molar-refractivity contribution in [3.63, 3.8) is 0 Å². The molecule has 8 heteroatoms. The Morgan fingerprint density at radius 2 is 1.89 bits per heavy atom. The summed E-state index contributed by atoms with van der Waals surface area (Å²) in [4.78, 5) is 16.1. The molecular weight excluding hydrogens is 348 g/mol. The second-order valence-electron chi connectivity index (χ2n) is 5.39. The highest BCUT2D eigenvalue weighted by Gasteiger charge is 2.14. The number of carbonyl (C=O) groups is 1. The monoisotopic (exact) mass is 372 g/mol. The molecular formula is C19H24N4O4. The number of amides is 1. The van der Waals surface area contributed by atoms with Gasteiger partial charge in [-0.1, -0.05) is 0 Å². The quantitative estimate of drug-likeness (QED) is 0.577. The Morgan fingerprint density at radius 3 is 2.48 bits per heavy atom. The number of hydrogen-bond donors (Lipinski definition) is 3. The lowest BCUT2D eigenvalue weighted by Gasteiger charge is -2.15. The maximum Gasteiger partial charge on any atom is 0.244 e. The number of carbonyl (C=O) groups excluding carboxylic acids is 1. The molecule has 0 bridgehead atoms. The van der Waals surface area contributed by atoms with Crippen LogP contribution in [0.2, 0.25) is 0 Å². The van der Waals surface area contributed by atoms with Crippen molar-refractivity contribution >= 4 is 23.5 Å². The first-order valence-corrected chi connectivity index (χ1v) is 8.31. The molecule has 0 aliphatic rings. The Morgan fingerprint density at radius 1 is 1.19 bits per heavy atom. The first-order chi connectivity index (χ1) is 13.1. The van der Waals surface area contributed by atoms with Crippen LogP contribution in [0.4, 0.5) is 11.5 Å². The number of nitrogens with one attached hydrogen (secondary N) is 2. The van der Waals surface area contributed by atoms with Crippen molar-refractivity contribution < 1.29 is 19.0 Å². The fourth-order valence-electron chi connectivity index (χ4n) is 2.37. The van der Waals surface area contributed by atoms with E-state index in [2.05, 4.69) is 15.6 Å². The molecule has 0 spiro atoms. The molecule has 0 radical (unpaired) electrons. The maximum atomic E-state index is 11.7. The largest absolute Gasteiger partial charge is 0.493 e. The maximum absolute atomic E-state index is 11.7. The summed E-state index contributed by atoms with van der Waals surface area (Å²) in [6, 6.07) is 7.19. The van der Waals surface area contributed by atoms with E-state index in [1.165, 1.54) is 6.08 Å². The summed E-state index contributed by atoms with van der Waals surface area (Å²) in [5.74, 6) is 1.91. The van der Waals surface area contributed by atoms with Gasteiger partial charge >= 0.3 is 0 Å². The number of anilines is 2. The van der Waals surface area contributed by atoms with Crippen LogP contribution in [0.1, 0.15) is 5.56 Å². The third-order valence-corrected chi connectivity index (χ3v) is 3.62. The van der Waals surface area contributed by atoms with Gasteiger partial charge in [-0.05, 0) is 18.2 Å². The Labute approximate surface area is 158 Å². The van der Waals surface area contributed by atoms with E-state index in [-0.39, 0.29) is 5.91 Å². The van der Waals surface area contributed by atoms with Crippen LogP contribution in [0.15, 0.2) is 36.5 Å². The summed E-state index contributed by atoms with van der Waals surface area (Å²) in [7, 11) is 4.65. The smallest absolute Gasteiger partial charge is 0.244 e. The summed E-state index contributed by atoms with van der Waals surface area (Å²) in [6.07, 6.45) is 4.78. The number of hydrogen-bond acceptors (Lipinski definition) is 7. The highest BCUT2D eigenvalue weighted by atomic mass is 16.5. The van der Waals surface area contributed by atoms with E-state index in [1.807, 2.05) is 6.07 Å². The number of nitrogens with zero attached hydrogens (tertiary/aromatic N) is 1. The lowest BCUT2D eigenvalue weighted by atomic mass is 10.2. The molecule has 0 saturated carbocycles. The average molecular weight is 372 g/mol. The fourth-order valence-corrected chi connectivity index (χ4v) is 2.37. The Hall–Kier alpha value is -3.26. The molecule has 1 amide bonds. The van der Waals surface area contributed by atoms with E-state index in [4.69, 9.17) is 19.9 Å². The van der Waals surface area contributed by atoms with Crippen molar-refractivity contribution in [3.8, 4) is 17.2 Å². The van der Waals surface area contributed by atoms with Gasteiger partial charge in [0.2, 0.25) is 11.7 Å². The van der Waals surface area contributed by atoms with E-state index >= 15 is 0 Å². The highest BCUT2D eigenvalue weighted by Crippen LogP contribution is 2.40. The summed E-state index contributed by atoms with van der Waals surface area (Å²) in [5.41, 5.74) is 6.82. The van der Waals surface area contributed by atoms with Crippen LogP contribution in [-0.2, 0) is 4.79 Å². The van der Waals surface area contributed by atoms with Crippen molar-refractivity contribution in [2.75, 3.05) is 39.7 Å².